The first-order valence-electron chi connectivity index (χ1n) is 16.0. The van der Waals surface area contributed by atoms with Gasteiger partial charge in [0, 0.05) is 69.1 Å². The van der Waals surface area contributed by atoms with Gasteiger partial charge < -0.3 is 29.0 Å². The van der Waals surface area contributed by atoms with Crippen LogP contribution in [-0.4, -0.2) is 105 Å². The Kier molecular flexibility index (Phi) is 12.5. The molecule has 256 valence electrons. The molecule has 0 bridgehead atoms. The Balaban J connectivity index is 1.43. The fourth-order valence-corrected chi connectivity index (χ4v) is 6.91. The lowest BCUT2D eigenvalue weighted by molar-refractivity contribution is -0.156. The quantitative estimate of drug-likeness (QED) is 0.296. The van der Waals surface area contributed by atoms with Gasteiger partial charge in [-0.05, 0) is 53.7 Å². The maximum Gasteiger partial charge on any atom is 0.336 e. The largest absolute Gasteiger partial charge is 0.488 e. The van der Waals surface area contributed by atoms with Crippen molar-refractivity contribution in [1.29, 1.82) is 0 Å². The van der Waals surface area contributed by atoms with E-state index in [1.165, 1.54) is 0 Å². The summed E-state index contributed by atoms with van der Waals surface area (Å²) in [5, 5.41) is 4.08. The van der Waals surface area contributed by atoms with E-state index in [-0.39, 0.29) is 6.10 Å². The first kappa shape index (κ1) is 36.5. The third-order valence-electron chi connectivity index (χ3n) is 8.40. The van der Waals surface area contributed by atoms with Crippen LogP contribution in [0.4, 0.5) is 0 Å². The van der Waals surface area contributed by atoms with Crippen molar-refractivity contribution < 1.29 is 33.3 Å². The predicted octanol–water partition coefficient (Wildman–Crippen LogP) is 5.23. The Morgan fingerprint density at radius 1 is 0.870 bits per heavy atom. The fourth-order valence-electron chi connectivity index (χ4n) is 6.62. The molecule has 0 spiro atoms. The van der Waals surface area contributed by atoms with Crippen molar-refractivity contribution >= 4 is 35.1 Å². The molecule has 0 amide bonds. The normalized spacial score (nSPS) is 20.5. The fraction of sp³-hybridized carbons (Fsp3) is 0.647. The van der Waals surface area contributed by atoms with Crippen LogP contribution in [-0.2, 0) is 28.5 Å². The second-order valence-corrected chi connectivity index (χ2v) is 14.4. The maximum atomic E-state index is 13.9. The van der Waals surface area contributed by atoms with Crippen LogP contribution in [0.2, 0.25) is 10.0 Å². The number of hydrogen-bond acceptors (Lipinski definition) is 10. The summed E-state index contributed by atoms with van der Waals surface area (Å²) in [6.45, 7) is 20.1. The Labute approximate surface area is 283 Å². The summed E-state index contributed by atoms with van der Waals surface area (Å²) >= 11 is 12.2. The summed E-state index contributed by atoms with van der Waals surface area (Å²) in [5.41, 5.74) is 0.522. The molecule has 3 aliphatic heterocycles. The van der Waals surface area contributed by atoms with Crippen LogP contribution in [0.3, 0.4) is 0 Å². The van der Waals surface area contributed by atoms with Crippen LogP contribution in [0.25, 0.3) is 0 Å². The minimum absolute atomic E-state index is 0.352. The van der Waals surface area contributed by atoms with E-state index in [0.29, 0.717) is 84.3 Å². The molecule has 1 aromatic rings. The molecule has 4 rings (SSSR count). The third kappa shape index (κ3) is 10.1. The molecule has 0 radical (unpaired) electrons. The van der Waals surface area contributed by atoms with Crippen molar-refractivity contribution in [2.24, 2.45) is 5.92 Å². The number of rotatable bonds is 12. The summed E-state index contributed by atoms with van der Waals surface area (Å²) in [4.78, 5) is 32.2. The molecular weight excluding hydrogens is 633 g/mol. The number of dihydropyridines is 1. The highest BCUT2D eigenvalue weighted by Crippen LogP contribution is 2.35. The Bertz CT molecular complexity index is 1300. The SMILES string of the molecule is CC1=C(C(=O)OC(CN2CCOCC2)CN2CCOCC2)C(C)C(C(=O)OC(C)(C)CC(C)(C)Oc2ccc(Cl)c(Cl)c2)=C(C)N1. The van der Waals surface area contributed by atoms with Gasteiger partial charge in [-0.1, -0.05) is 30.1 Å². The van der Waals surface area contributed by atoms with Crippen LogP contribution >= 0.6 is 23.2 Å². The summed E-state index contributed by atoms with van der Waals surface area (Å²) in [5.74, 6) is -0.902. The molecule has 12 heteroatoms. The number of nitrogens with one attached hydrogen (secondary N) is 1. The number of esters is 2. The summed E-state index contributed by atoms with van der Waals surface area (Å²) in [6.07, 6.45) is 0.0320. The second-order valence-electron chi connectivity index (χ2n) is 13.5. The van der Waals surface area contributed by atoms with Gasteiger partial charge in [0.1, 0.15) is 23.1 Å². The second kappa shape index (κ2) is 15.7. The topological polar surface area (TPSA) is 98.8 Å². The molecule has 2 fully saturated rings. The number of halogens is 2. The van der Waals surface area contributed by atoms with Gasteiger partial charge in [-0.15, -0.1) is 0 Å². The third-order valence-corrected chi connectivity index (χ3v) is 9.14. The van der Waals surface area contributed by atoms with Crippen LogP contribution in [0.15, 0.2) is 40.7 Å². The van der Waals surface area contributed by atoms with Gasteiger partial charge in [-0.3, -0.25) is 9.80 Å². The van der Waals surface area contributed by atoms with Crippen LogP contribution in [0.1, 0.15) is 54.9 Å². The molecule has 0 aliphatic carbocycles. The molecule has 10 nitrogen and oxygen atoms in total. The van der Waals surface area contributed by atoms with E-state index in [9.17, 15) is 9.59 Å². The molecule has 1 aromatic carbocycles. The van der Waals surface area contributed by atoms with Gasteiger partial charge in [0.05, 0.1) is 47.6 Å². The number of hydrogen-bond donors (Lipinski definition) is 1. The minimum atomic E-state index is -0.901. The van der Waals surface area contributed by atoms with Crippen molar-refractivity contribution in [3.63, 3.8) is 0 Å². The minimum Gasteiger partial charge on any atom is -0.488 e. The number of carbonyl (C=O) groups excluding carboxylic acids is 2. The van der Waals surface area contributed by atoms with E-state index < -0.39 is 29.1 Å². The highest BCUT2D eigenvalue weighted by molar-refractivity contribution is 6.42. The smallest absolute Gasteiger partial charge is 0.336 e. The Hall–Kier alpha value is -2.34. The van der Waals surface area contributed by atoms with Gasteiger partial charge in [-0.2, -0.15) is 0 Å². The molecule has 0 aromatic heterocycles. The molecular formula is C34H49Cl2N3O7. The molecule has 1 N–H and O–H groups in total. The molecule has 1 unspecified atom stereocenters. The number of allylic oxidation sites excluding steroid dienone is 2. The van der Waals surface area contributed by atoms with Gasteiger partial charge in [0.2, 0.25) is 0 Å². The number of nitrogens with zero attached hydrogens (tertiary/aromatic N) is 2. The summed E-state index contributed by atoms with van der Waals surface area (Å²) < 4.78 is 29.6. The van der Waals surface area contributed by atoms with Crippen LogP contribution < -0.4 is 10.1 Å². The van der Waals surface area contributed by atoms with Crippen molar-refractivity contribution in [3.05, 3.63) is 50.8 Å². The van der Waals surface area contributed by atoms with E-state index >= 15 is 0 Å². The Morgan fingerprint density at radius 2 is 1.39 bits per heavy atom. The Morgan fingerprint density at radius 3 is 1.91 bits per heavy atom. The van der Waals surface area contributed by atoms with E-state index in [1.807, 2.05) is 48.5 Å². The monoisotopic (exact) mass is 681 g/mol. The van der Waals surface area contributed by atoms with Crippen molar-refractivity contribution in [3.8, 4) is 5.75 Å². The van der Waals surface area contributed by atoms with Crippen molar-refractivity contribution in [1.82, 2.24) is 15.1 Å². The van der Waals surface area contributed by atoms with Crippen molar-refractivity contribution in [2.45, 2.75) is 72.2 Å². The van der Waals surface area contributed by atoms with Gasteiger partial charge in [0.15, 0.2) is 0 Å². The zero-order valence-corrected chi connectivity index (χ0v) is 29.7. The first-order valence-corrected chi connectivity index (χ1v) is 16.8. The maximum absolute atomic E-state index is 13.9. The van der Waals surface area contributed by atoms with E-state index in [4.69, 9.17) is 46.9 Å². The highest BCUT2D eigenvalue weighted by atomic mass is 35.5. The number of morpholine rings is 2. The lowest BCUT2D eigenvalue weighted by Crippen LogP contribution is -2.49. The van der Waals surface area contributed by atoms with E-state index in [2.05, 4.69) is 15.1 Å². The number of benzene rings is 1. The zero-order valence-electron chi connectivity index (χ0n) is 28.2. The molecule has 2 saturated heterocycles. The molecule has 3 heterocycles. The van der Waals surface area contributed by atoms with Crippen molar-refractivity contribution in [2.75, 3.05) is 65.7 Å². The zero-order chi connectivity index (χ0) is 33.6. The average molecular weight is 683 g/mol. The standard InChI is InChI=1S/C34H49Cl2N3O7/c1-22-29(31(40)44-26(19-38-10-14-42-15-11-38)20-39-12-16-43-17-13-39)23(2)37-24(3)30(22)32(41)46-34(6,7)21-33(4,5)45-25-8-9-27(35)28(36)18-25/h8-9,18,22,26,37H,10-17,19-21H2,1-7H3. The predicted molar refractivity (Wildman–Crippen MR) is 178 cm³/mol. The van der Waals surface area contributed by atoms with E-state index in [1.54, 1.807) is 18.2 Å². The number of carbonyl (C=O) groups is 2. The van der Waals surface area contributed by atoms with Crippen LogP contribution in [0.5, 0.6) is 5.75 Å². The molecule has 3 aliphatic rings. The molecule has 1 atom stereocenters. The first-order chi connectivity index (χ1) is 21.6. The molecule has 0 saturated carbocycles. The lowest BCUT2D eigenvalue weighted by Gasteiger charge is -2.37. The summed E-state index contributed by atoms with van der Waals surface area (Å²) in [7, 11) is 0. The van der Waals surface area contributed by atoms with Gasteiger partial charge in [-0.25, -0.2) is 9.59 Å². The average Bonchev–Trinajstić information content (AvgIpc) is 2.94. The lowest BCUT2D eigenvalue weighted by atomic mass is 9.86. The summed E-state index contributed by atoms with van der Waals surface area (Å²) in [6, 6.07) is 5.09. The highest BCUT2D eigenvalue weighted by Gasteiger charge is 2.39. The number of ether oxygens (including phenoxy) is 5. The van der Waals surface area contributed by atoms with Crippen LogP contribution in [0, 0.1) is 5.92 Å². The molecule has 46 heavy (non-hydrogen) atoms. The van der Waals surface area contributed by atoms with Gasteiger partial charge in [0.25, 0.3) is 0 Å². The van der Waals surface area contributed by atoms with E-state index in [0.717, 1.165) is 26.2 Å². The van der Waals surface area contributed by atoms with Gasteiger partial charge >= 0.3 is 11.9 Å².